The average Bonchev–Trinajstić information content (AvgIpc) is 2.30. The highest BCUT2D eigenvalue weighted by Gasteiger charge is 2.24. The highest BCUT2D eigenvalue weighted by molar-refractivity contribution is 7.83. The van der Waals surface area contributed by atoms with Crippen molar-refractivity contribution in [1.82, 2.24) is 9.97 Å². The number of nitrogens with two attached hydrogens (primary N) is 1. The van der Waals surface area contributed by atoms with E-state index in [9.17, 15) is 4.21 Å². The van der Waals surface area contributed by atoms with E-state index >= 15 is 0 Å². The number of methoxy groups -OCH3 is 1. The van der Waals surface area contributed by atoms with Crippen molar-refractivity contribution >= 4 is 11.0 Å². The molecule has 0 aliphatic carbocycles. The van der Waals surface area contributed by atoms with Crippen LogP contribution in [0.25, 0.3) is 0 Å². The second kappa shape index (κ2) is 6.03. The standard InChI is InChI=1S/C10H17N3O2S/c1-4-8-5-12-10(13-6-8)9(15-3)7(2)16(11)14/h5-7,9H,4,11H2,1-3H3. The molecule has 0 saturated heterocycles. The lowest BCUT2D eigenvalue weighted by Crippen LogP contribution is -2.28. The molecule has 2 N–H and O–H groups in total. The summed E-state index contributed by atoms with van der Waals surface area (Å²) < 4.78 is 16.4. The molecule has 3 unspecified atom stereocenters. The third kappa shape index (κ3) is 3.07. The molecule has 0 saturated carbocycles. The largest absolute Gasteiger partial charge is 0.372 e. The topological polar surface area (TPSA) is 78.1 Å². The summed E-state index contributed by atoms with van der Waals surface area (Å²) in [6.45, 7) is 3.78. The Hall–Kier alpha value is -0.850. The van der Waals surface area contributed by atoms with E-state index in [1.807, 2.05) is 6.92 Å². The number of hydrogen-bond donors (Lipinski definition) is 1. The molecule has 0 fully saturated rings. The first-order chi connectivity index (χ1) is 7.60. The molecule has 0 spiro atoms. The van der Waals surface area contributed by atoms with Crippen molar-refractivity contribution in [3.63, 3.8) is 0 Å². The number of rotatable bonds is 5. The van der Waals surface area contributed by atoms with Gasteiger partial charge >= 0.3 is 0 Å². The summed E-state index contributed by atoms with van der Waals surface area (Å²) >= 11 is 0. The first-order valence-corrected chi connectivity index (χ1v) is 6.36. The van der Waals surface area contributed by atoms with E-state index in [2.05, 4.69) is 9.97 Å². The van der Waals surface area contributed by atoms with Crippen molar-refractivity contribution in [2.24, 2.45) is 5.14 Å². The predicted octanol–water partition coefficient (Wildman–Crippen LogP) is 0.737. The van der Waals surface area contributed by atoms with Crippen LogP contribution in [0.3, 0.4) is 0 Å². The van der Waals surface area contributed by atoms with Crippen LogP contribution in [0.5, 0.6) is 0 Å². The van der Waals surface area contributed by atoms with Gasteiger partial charge < -0.3 is 4.74 Å². The Balaban J connectivity index is 2.90. The monoisotopic (exact) mass is 243 g/mol. The van der Waals surface area contributed by atoms with Gasteiger partial charge in [-0.25, -0.2) is 14.2 Å². The summed E-state index contributed by atoms with van der Waals surface area (Å²) in [4.78, 5) is 8.40. The third-order valence-electron chi connectivity index (χ3n) is 2.43. The van der Waals surface area contributed by atoms with Gasteiger partial charge in [0, 0.05) is 19.5 Å². The van der Waals surface area contributed by atoms with Gasteiger partial charge in [0.05, 0.1) is 16.2 Å². The van der Waals surface area contributed by atoms with Gasteiger partial charge in [-0.2, -0.15) is 0 Å². The van der Waals surface area contributed by atoms with Crippen LogP contribution in [-0.2, 0) is 22.1 Å². The van der Waals surface area contributed by atoms with E-state index in [0.717, 1.165) is 12.0 Å². The zero-order valence-electron chi connectivity index (χ0n) is 9.71. The van der Waals surface area contributed by atoms with E-state index in [0.29, 0.717) is 5.82 Å². The van der Waals surface area contributed by atoms with Gasteiger partial charge in [0.15, 0.2) is 5.82 Å². The summed E-state index contributed by atoms with van der Waals surface area (Å²) in [5, 5.41) is 5.01. The smallest absolute Gasteiger partial charge is 0.158 e. The van der Waals surface area contributed by atoms with Crippen molar-refractivity contribution in [3.05, 3.63) is 23.8 Å². The Morgan fingerprint density at radius 2 is 2.06 bits per heavy atom. The number of ether oxygens (including phenoxy) is 1. The van der Waals surface area contributed by atoms with E-state index in [1.165, 1.54) is 7.11 Å². The van der Waals surface area contributed by atoms with Crippen LogP contribution in [0.4, 0.5) is 0 Å². The zero-order chi connectivity index (χ0) is 12.1. The van der Waals surface area contributed by atoms with Gasteiger partial charge in [0.1, 0.15) is 6.10 Å². The first-order valence-electron chi connectivity index (χ1n) is 5.08. The first kappa shape index (κ1) is 13.2. The molecule has 0 amide bonds. The maximum atomic E-state index is 11.2. The van der Waals surface area contributed by atoms with Crippen LogP contribution in [0.15, 0.2) is 12.4 Å². The fourth-order valence-corrected chi connectivity index (χ4v) is 1.80. The van der Waals surface area contributed by atoms with Gasteiger partial charge in [0.25, 0.3) is 0 Å². The SMILES string of the molecule is CCc1cnc(C(OC)C(C)S(N)=O)nc1. The maximum absolute atomic E-state index is 11.2. The number of aromatic nitrogens is 2. The van der Waals surface area contributed by atoms with Gasteiger partial charge in [-0.05, 0) is 18.9 Å². The normalized spacial score (nSPS) is 16.8. The Morgan fingerprint density at radius 3 is 2.44 bits per heavy atom. The van der Waals surface area contributed by atoms with Crippen LogP contribution in [0, 0.1) is 0 Å². The maximum Gasteiger partial charge on any atom is 0.158 e. The van der Waals surface area contributed by atoms with E-state index in [-0.39, 0.29) is 5.25 Å². The molecule has 90 valence electrons. The Kier molecular flexibility index (Phi) is 4.98. The van der Waals surface area contributed by atoms with Crippen molar-refractivity contribution in [3.8, 4) is 0 Å². The molecule has 1 rings (SSSR count). The average molecular weight is 243 g/mol. The molecule has 16 heavy (non-hydrogen) atoms. The molecule has 0 aliphatic heterocycles. The minimum Gasteiger partial charge on any atom is -0.372 e. The molecular weight excluding hydrogens is 226 g/mol. The molecule has 0 bridgehead atoms. The summed E-state index contributed by atoms with van der Waals surface area (Å²) in [5.41, 5.74) is 1.06. The Morgan fingerprint density at radius 1 is 1.50 bits per heavy atom. The number of nitrogens with zero attached hydrogens (tertiary/aromatic N) is 2. The van der Waals surface area contributed by atoms with Crippen molar-refractivity contribution in [1.29, 1.82) is 0 Å². The van der Waals surface area contributed by atoms with E-state index in [4.69, 9.17) is 9.88 Å². The van der Waals surface area contributed by atoms with E-state index in [1.54, 1.807) is 19.3 Å². The van der Waals surface area contributed by atoms with Crippen LogP contribution in [-0.4, -0.2) is 26.5 Å². The number of hydrogen-bond acceptors (Lipinski definition) is 4. The molecular formula is C10H17N3O2S. The molecule has 3 atom stereocenters. The van der Waals surface area contributed by atoms with Crippen LogP contribution < -0.4 is 5.14 Å². The lowest BCUT2D eigenvalue weighted by molar-refractivity contribution is 0.0960. The molecule has 1 aromatic rings. The van der Waals surface area contributed by atoms with Gasteiger partial charge in [-0.1, -0.05) is 6.92 Å². The summed E-state index contributed by atoms with van der Waals surface area (Å²) in [7, 11) is 0.0800. The summed E-state index contributed by atoms with van der Waals surface area (Å²) in [6.07, 6.45) is 3.95. The Bertz CT molecular complexity index is 356. The number of aryl methyl sites for hydroxylation is 1. The minimum atomic E-state index is -1.45. The quantitative estimate of drug-likeness (QED) is 0.827. The second-order valence-electron chi connectivity index (χ2n) is 3.49. The van der Waals surface area contributed by atoms with Crippen LogP contribution >= 0.6 is 0 Å². The summed E-state index contributed by atoms with van der Waals surface area (Å²) in [6, 6.07) is 0. The molecule has 1 heterocycles. The Labute approximate surface area is 98.0 Å². The van der Waals surface area contributed by atoms with Gasteiger partial charge in [-0.15, -0.1) is 0 Å². The summed E-state index contributed by atoms with van der Waals surface area (Å²) in [5.74, 6) is 0.519. The highest BCUT2D eigenvalue weighted by Crippen LogP contribution is 2.19. The van der Waals surface area contributed by atoms with Gasteiger partial charge in [-0.3, -0.25) is 5.14 Å². The molecule has 1 aromatic heterocycles. The minimum absolute atomic E-state index is 0.336. The molecule has 0 radical (unpaired) electrons. The van der Waals surface area contributed by atoms with Crippen molar-refractivity contribution < 1.29 is 8.95 Å². The molecule has 0 aliphatic rings. The van der Waals surface area contributed by atoms with Gasteiger partial charge in [0.2, 0.25) is 0 Å². The lowest BCUT2D eigenvalue weighted by Gasteiger charge is -2.18. The van der Waals surface area contributed by atoms with Crippen molar-refractivity contribution in [2.45, 2.75) is 31.6 Å². The van der Waals surface area contributed by atoms with Crippen LogP contribution in [0.2, 0.25) is 0 Å². The fourth-order valence-electron chi connectivity index (χ4n) is 1.32. The predicted molar refractivity (Wildman–Crippen MR) is 63.0 cm³/mol. The second-order valence-corrected chi connectivity index (χ2v) is 4.89. The van der Waals surface area contributed by atoms with E-state index < -0.39 is 17.1 Å². The molecule has 0 aromatic carbocycles. The zero-order valence-corrected chi connectivity index (χ0v) is 10.5. The highest BCUT2D eigenvalue weighted by atomic mass is 32.2. The molecule has 6 heteroatoms. The van der Waals surface area contributed by atoms with Crippen molar-refractivity contribution in [2.75, 3.05) is 7.11 Å². The van der Waals surface area contributed by atoms with Crippen LogP contribution in [0.1, 0.15) is 31.3 Å². The molecule has 5 nitrogen and oxygen atoms in total. The third-order valence-corrected chi connectivity index (χ3v) is 3.41. The lowest BCUT2D eigenvalue weighted by atomic mass is 10.2. The fraction of sp³-hybridized carbons (Fsp3) is 0.600.